The third kappa shape index (κ3) is 4.00. The molecule has 4 unspecified atom stereocenters. The standard InChI is InChI=1S/C18H34N2O/c1-13-7-5-9-15(16(13)19)17(21)20-11-6-8-14(10-12-20)18(2,3)4/h13-16H,5-12,19H2,1-4H3. The van der Waals surface area contributed by atoms with Gasteiger partial charge in [0.1, 0.15) is 0 Å². The minimum atomic E-state index is 0.0629. The van der Waals surface area contributed by atoms with Gasteiger partial charge in [0.15, 0.2) is 0 Å². The van der Waals surface area contributed by atoms with E-state index < -0.39 is 0 Å². The summed E-state index contributed by atoms with van der Waals surface area (Å²) in [6.45, 7) is 11.0. The number of likely N-dealkylation sites (tertiary alicyclic amines) is 1. The Hall–Kier alpha value is -0.570. The second-order valence-electron chi connectivity index (χ2n) is 8.41. The molecule has 1 aliphatic carbocycles. The van der Waals surface area contributed by atoms with Gasteiger partial charge in [-0.25, -0.2) is 0 Å². The normalized spacial score (nSPS) is 35.4. The molecule has 0 spiro atoms. The van der Waals surface area contributed by atoms with Crippen LogP contribution in [-0.4, -0.2) is 29.9 Å². The van der Waals surface area contributed by atoms with Crippen LogP contribution in [0.3, 0.4) is 0 Å². The number of amides is 1. The molecule has 0 radical (unpaired) electrons. The Morgan fingerprint density at radius 2 is 1.76 bits per heavy atom. The van der Waals surface area contributed by atoms with Gasteiger partial charge in [-0.1, -0.05) is 34.1 Å². The SMILES string of the molecule is CC1CCCC(C(=O)N2CCCC(C(C)(C)C)CC2)C1N. The molecule has 2 aliphatic rings. The molecular weight excluding hydrogens is 260 g/mol. The molecule has 0 aromatic carbocycles. The van der Waals surface area contributed by atoms with Gasteiger partial charge < -0.3 is 10.6 Å². The molecule has 1 aliphatic heterocycles. The van der Waals surface area contributed by atoms with Crippen LogP contribution in [-0.2, 0) is 4.79 Å². The summed E-state index contributed by atoms with van der Waals surface area (Å²) in [5, 5.41) is 0. The summed E-state index contributed by atoms with van der Waals surface area (Å²) in [5.41, 5.74) is 6.67. The Bertz CT molecular complexity index is 361. The Kier molecular flexibility index (Phi) is 5.34. The zero-order valence-corrected chi connectivity index (χ0v) is 14.4. The molecule has 1 saturated carbocycles. The number of carbonyl (C=O) groups excluding carboxylic acids is 1. The van der Waals surface area contributed by atoms with Crippen molar-refractivity contribution in [2.75, 3.05) is 13.1 Å². The lowest BCUT2D eigenvalue weighted by Gasteiger charge is -2.36. The molecule has 2 N–H and O–H groups in total. The Morgan fingerprint density at radius 3 is 2.43 bits per heavy atom. The van der Waals surface area contributed by atoms with Gasteiger partial charge in [0.2, 0.25) is 5.91 Å². The molecule has 2 rings (SSSR count). The van der Waals surface area contributed by atoms with E-state index in [1.807, 2.05) is 0 Å². The molecule has 1 saturated heterocycles. The molecule has 2 fully saturated rings. The monoisotopic (exact) mass is 294 g/mol. The van der Waals surface area contributed by atoms with E-state index in [4.69, 9.17) is 5.73 Å². The van der Waals surface area contributed by atoms with Gasteiger partial charge in [0, 0.05) is 19.1 Å². The molecule has 0 bridgehead atoms. The number of hydrogen-bond acceptors (Lipinski definition) is 2. The zero-order valence-electron chi connectivity index (χ0n) is 14.4. The van der Waals surface area contributed by atoms with Crippen molar-refractivity contribution < 1.29 is 4.79 Å². The second kappa shape index (κ2) is 6.68. The maximum atomic E-state index is 12.9. The van der Waals surface area contributed by atoms with Crippen LogP contribution in [0.5, 0.6) is 0 Å². The first kappa shape index (κ1) is 16.8. The lowest BCUT2D eigenvalue weighted by Crippen LogP contribution is -2.49. The van der Waals surface area contributed by atoms with Crippen LogP contribution in [0, 0.1) is 23.2 Å². The van der Waals surface area contributed by atoms with E-state index in [1.165, 1.54) is 12.8 Å². The summed E-state index contributed by atoms with van der Waals surface area (Å²) >= 11 is 0. The van der Waals surface area contributed by atoms with Crippen LogP contribution in [0.2, 0.25) is 0 Å². The van der Waals surface area contributed by atoms with Crippen molar-refractivity contribution in [1.82, 2.24) is 4.90 Å². The summed E-state index contributed by atoms with van der Waals surface area (Å²) in [7, 11) is 0. The predicted molar refractivity (Wildman–Crippen MR) is 87.9 cm³/mol. The fraction of sp³-hybridized carbons (Fsp3) is 0.944. The van der Waals surface area contributed by atoms with Gasteiger partial charge in [-0.2, -0.15) is 0 Å². The number of hydrogen-bond donors (Lipinski definition) is 1. The first-order chi connectivity index (χ1) is 9.80. The Morgan fingerprint density at radius 1 is 1.05 bits per heavy atom. The average Bonchev–Trinajstić information content (AvgIpc) is 2.66. The Labute approximate surface area is 130 Å². The van der Waals surface area contributed by atoms with E-state index in [-0.39, 0.29) is 12.0 Å². The molecule has 3 nitrogen and oxygen atoms in total. The van der Waals surface area contributed by atoms with Crippen LogP contribution in [0.1, 0.15) is 66.2 Å². The maximum Gasteiger partial charge on any atom is 0.227 e. The van der Waals surface area contributed by atoms with Gasteiger partial charge in [0.05, 0.1) is 5.92 Å². The third-order valence-corrected chi connectivity index (χ3v) is 5.88. The highest BCUT2D eigenvalue weighted by atomic mass is 16.2. The topological polar surface area (TPSA) is 46.3 Å². The minimum absolute atomic E-state index is 0.0629. The van der Waals surface area contributed by atoms with E-state index in [0.29, 0.717) is 17.2 Å². The number of rotatable bonds is 1. The van der Waals surface area contributed by atoms with Crippen LogP contribution < -0.4 is 5.73 Å². The zero-order chi connectivity index (χ0) is 15.6. The highest BCUT2D eigenvalue weighted by Crippen LogP contribution is 2.35. The summed E-state index contributed by atoms with van der Waals surface area (Å²) in [4.78, 5) is 15.0. The van der Waals surface area contributed by atoms with Crippen molar-refractivity contribution >= 4 is 5.91 Å². The summed E-state index contributed by atoms with van der Waals surface area (Å²) in [6, 6.07) is 0.0629. The second-order valence-corrected chi connectivity index (χ2v) is 8.41. The summed E-state index contributed by atoms with van der Waals surface area (Å²) in [5.74, 6) is 1.62. The van der Waals surface area contributed by atoms with Crippen molar-refractivity contribution in [2.24, 2.45) is 28.9 Å². The lowest BCUT2D eigenvalue weighted by molar-refractivity contribution is -0.137. The smallest absolute Gasteiger partial charge is 0.227 e. The number of nitrogens with two attached hydrogens (primary N) is 1. The summed E-state index contributed by atoms with van der Waals surface area (Å²) in [6.07, 6.45) is 6.86. The van der Waals surface area contributed by atoms with Crippen LogP contribution in [0.25, 0.3) is 0 Å². The van der Waals surface area contributed by atoms with Crippen molar-refractivity contribution in [1.29, 1.82) is 0 Å². The molecule has 0 aromatic rings. The molecule has 1 amide bonds. The molecule has 0 aromatic heterocycles. The van der Waals surface area contributed by atoms with E-state index in [2.05, 4.69) is 32.6 Å². The van der Waals surface area contributed by atoms with E-state index in [1.54, 1.807) is 0 Å². The van der Waals surface area contributed by atoms with Gasteiger partial charge in [-0.3, -0.25) is 4.79 Å². The van der Waals surface area contributed by atoms with Gasteiger partial charge in [0.25, 0.3) is 0 Å². The highest BCUT2D eigenvalue weighted by molar-refractivity contribution is 5.79. The van der Waals surface area contributed by atoms with E-state index >= 15 is 0 Å². The molecule has 21 heavy (non-hydrogen) atoms. The minimum Gasteiger partial charge on any atom is -0.342 e. The summed E-state index contributed by atoms with van der Waals surface area (Å²) < 4.78 is 0. The highest BCUT2D eigenvalue weighted by Gasteiger charge is 2.36. The first-order valence-corrected chi connectivity index (χ1v) is 8.85. The van der Waals surface area contributed by atoms with Crippen molar-refractivity contribution in [3.05, 3.63) is 0 Å². The number of nitrogens with zero attached hydrogens (tertiary/aromatic N) is 1. The molecule has 3 heteroatoms. The Balaban J connectivity index is 1.97. The average molecular weight is 294 g/mol. The quantitative estimate of drug-likeness (QED) is 0.805. The molecule has 4 atom stereocenters. The van der Waals surface area contributed by atoms with E-state index in [0.717, 1.165) is 44.7 Å². The van der Waals surface area contributed by atoms with Crippen molar-refractivity contribution in [3.8, 4) is 0 Å². The lowest BCUT2D eigenvalue weighted by atomic mass is 9.76. The van der Waals surface area contributed by atoms with Crippen LogP contribution in [0.15, 0.2) is 0 Å². The first-order valence-electron chi connectivity index (χ1n) is 8.85. The number of carbonyl (C=O) groups is 1. The maximum absolute atomic E-state index is 12.9. The van der Waals surface area contributed by atoms with Gasteiger partial charge in [-0.15, -0.1) is 0 Å². The molecular formula is C18H34N2O. The molecule has 1 heterocycles. The van der Waals surface area contributed by atoms with Crippen molar-refractivity contribution in [2.45, 2.75) is 72.3 Å². The molecule has 122 valence electrons. The van der Waals surface area contributed by atoms with Crippen molar-refractivity contribution in [3.63, 3.8) is 0 Å². The van der Waals surface area contributed by atoms with Crippen LogP contribution in [0.4, 0.5) is 0 Å². The fourth-order valence-corrected chi connectivity index (χ4v) is 4.15. The third-order valence-electron chi connectivity index (χ3n) is 5.88. The van der Waals surface area contributed by atoms with Gasteiger partial charge in [-0.05, 0) is 49.4 Å². The predicted octanol–water partition coefficient (Wildman–Crippen LogP) is 3.42. The largest absolute Gasteiger partial charge is 0.342 e. The van der Waals surface area contributed by atoms with Crippen LogP contribution >= 0.6 is 0 Å². The fourth-order valence-electron chi connectivity index (χ4n) is 4.15. The van der Waals surface area contributed by atoms with E-state index in [9.17, 15) is 4.79 Å². The van der Waals surface area contributed by atoms with Gasteiger partial charge >= 0.3 is 0 Å².